The minimum absolute atomic E-state index is 0.0711. The Morgan fingerprint density at radius 1 is 0.935 bits per heavy atom. The molecule has 0 bridgehead atoms. The molecule has 3 aromatic heterocycles. The minimum atomic E-state index is -1.08. The number of hydrogen-bond acceptors (Lipinski definition) is 7. The number of carboxylic acids is 1. The quantitative estimate of drug-likeness (QED) is 0.521. The van der Waals surface area contributed by atoms with E-state index in [0.717, 1.165) is 43.2 Å². The first-order valence-electron chi connectivity index (χ1n) is 9.79. The molecule has 9 nitrogen and oxygen atoms in total. The number of aromatic nitrogens is 4. The predicted molar refractivity (Wildman–Crippen MR) is 113 cm³/mol. The lowest BCUT2D eigenvalue weighted by atomic mass is 10.1. The number of ether oxygens (including phenoxy) is 1. The van der Waals surface area contributed by atoms with Crippen LogP contribution in [0.2, 0.25) is 0 Å². The summed E-state index contributed by atoms with van der Waals surface area (Å²) in [6, 6.07) is 9.31. The fourth-order valence-electron chi connectivity index (χ4n) is 3.75. The van der Waals surface area contributed by atoms with Crippen LogP contribution in [0.25, 0.3) is 28.0 Å². The fraction of sp³-hybridized carbons (Fsp3) is 0.182. The Morgan fingerprint density at radius 3 is 2.32 bits per heavy atom. The topological polar surface area (TPSA) is 113 Å². The summed E-state index contributed by atoms with van der Waals surface area (Å²) in [4.78, 5) is 26.1. The van der Waals surface area contributed by atoms with Crippen LogP contribution in [-0.2, 0) is 4.74 Å². The predicted octanol–water partition coefficient (Wildman–Crippen LogP) is 2.70. The molecule has 1 fully saturated rings. The van der Waals surface area contributed by atoms with Crippen molar-refractivity contribution in [3.63, 3.8) is 0 Å². The van der Waals surface area contributed by atoms with Crippen LogP contribution in [0.5, 0.6) is 6.01 Å². The van der Waals surface area contributed by atoms with Crippen molar-refractivity contribution in [3.8, 4) is 28.4 Å². The minimum Gasteiger partial charge on any atom is -0.479 e. The van der Waals surface area contributed by atoms with Gasteiger partial charge in [0.1, 0.15) is 5.56 Å². The molecule has 31 heavy (non-hydrogen) atoms. The summed E-state index contributed by atoms with van der Waals surface area (Å²) in [5.74, 6) is -1.08. The molecule has 2 N–H and O–H groups in total. The molecular formula is C22H19N5O4. The number of carbonyl (C=O) groups is 1. The van der Waals surface area contributed by atoms with Crippen molar-refractivity contribution in [2.45, 2.75) is 0 Å². The number of carboxylic acid groups (broad SMARTS) is 1. The first-order chi connectivity index (χ1) is 15.1. The average molecular weight is 417 g/mol. The van der Waals surface area contributed by atoms with Crippen LogP contribution in [0.3, 0.4) is 0 Å². The summed E-state index contributed by atoms with van der Waals surface area (Å²) in [5, 5.41) is 19.1. The molecule has 9 heteroatoms. The summed E-state index contributed by atoms with van der Waals surface area (Å²) < 4.78 is 7.17. The van der Waals surface area contributed by atoms with Gasteiger partial charge >= 0.3 is 12.0 Å². The van der Waals surface area contributed by atoms with Crippen LogP contribution in [0.15, 0.2) is 55.1 Å². The number of benzene rings is 1. The highest BCUT2D eigenvalue weighted by atomic mass is 16.5. The van der Waals surface area contributed by atoms with Crippen molar-refractivity contribution >= 4 is 17.3 Å². The monoisotopic (exact) mass is 417 g/mol. The van der Waals surface area contributed by atoms with E-state index in [2.05, 4.69) is 32.0 Å². The Morgan fingerprint density at radius 2 is 1.65 bits per heavy atom. The van der Waals surface area contributed by atoms with Crippen molar-refractivity contribution in [1.82, 2.24) is 19.4 Å². The summed E-state index contributed by atoms with van der Waals surface area (Å²) in [6.45, 7) is 3.15. The van der Waals surface area contributed by atoms with Crippen LogP contribution < -0.4 is 4.90 Å². The molecule has 4 aromatic rings. The van der Waals surface area contributed by atoms with Gasteiger partial charge in [0.25, 0.3) is 0 Å². The van der Waals surface area contributed by atoms with Gasteiger partial charge in [-0.15, -0.1) is 0 Å². The van der Waals surface area contributed by atoms with Gasteiger partial charge in [0.2, 0.25) is 0 Å². The number of hydrogen-bond donors (Lipinski definition) is 2. The van der Waals surface area contributed by atoms with Crippen LogP contribution in [0, 0.1) is 0 Å². The van der Waals surface area contributed by atoms with E-state index in [1.54, 1.807) is 16.8 Å². The molecule has 156 valence electrons. The summed E-state index contributed by atoms with van der Waals surface area (Å²) >= 11 is 0. The molecule has 0 aliphatic carbocycles. The van der Waals surface area contributed by atoms with Crippen LogP contribution in [0.4, 0.5) is 5.69 Å². The molecule has 0 atom stereocenters. The molecular weight excluding hydrogens is 398 g/mol. The summed E-state index contributed by atoms with van der Waals surface area (Å²) in [7, 11) is 0. The number of nitrogens with zero attached hydrogens (tertiary/aromatic N) is 5. The van der Waals surface area contributed by atoms with E-state index in [1.165, 1.54) is 18.5 Å². The smallest absolute Gasteiger partial charge is 0.339 e. The SMILES string of the molecule is O=C(O)c1cc(-c2cnc(O)nc2)cn2c(-c3ccc(N4CCOCC4)cc3)cnc12. The summed E-state index contributed by atoms with van der Waals surface area (Å²) in [6.07, 6.45) is 6.37. The lowest BCUT2D eigenvalue weighted by molar-refractivity contribution is 0.0698. The van der Waals surface area contributed by atoms with E-state index in [4.69, 9.17) is 4.74 Å². The summed E-state index contributed by atoms with van der Waals surface area (Å²) in [5.41, 5.74) is 4.42. The molecule has 1 aliphatic heterocycles. The molecule has 1 saturated heterocycles. The highest BCUT2D eigenvalue weighted by molar-refractivity contribution is 5.96. The Bertz CT molecular complexity index is 1250. The number of imidazole rings is 1. The highest BCUT2D eigenvalue weighted by Crippen LogP contribution is 2.29. The molecule has 0 spiro atoms. The van der Waals surface area contributed by atoms with E-state index in [-0.39, 0.29) is 11.6 Å². The molecule has 4 heterocycles. The van der Waals surface area contributed by atoms with Crippen molar-refractivity contribution in [1.29, 1.82) is 0 Å². The van der Waals surface area contributed by atoms with Gasteiger partial charge in [-0.1, -0.05) is 12.1 Å². The fourth-order valence-corrected chi connectivity index (χ4v) is 3.75. The molecule has 0 saturated carbocycles. The maximum absolute atomic E-state index is 11.9. The zero-order valence-corrected chi connectivity index (χ0v) is 16.5. The third-order valence-electron chi connectivity index (χ3n) is 5.35. The van der Waals surface area contributed by atoms with E-state index < -0.39 is 5.97 Å². The largest absolute Gasteiger partial charge is 0.479 e. The lowest BCUT2D eigenvalue weighted by Crippen LogP contribution is -2.36. The normalized spacial score (nSPS) is 14.1. The van der Waals surface area contributed by atoms with Crippen molar-refractivity contribution in [2.75, 3.05) is 31.2 Å². The van der Waals surface area contributed by atoms with Gasteiger partial charge in [-0.25, -0.2) is 19.7 Å². The zero-order valence-electron chi connectivity index (χ0n) is 16.5. The Hall–Kier alpha value is -3.98. The average Bonchev–Trinajstić information content (AvgIpc) is 3.23. The zero-order chi connectivity index (χ0) is 21.4. The number of anilines is 1. The first kappa shape index (κ1) is 19.0. The first-order valence-corrected chi connectivity index (χ1v) is 9.79. The third-order valence-corrected chi connectivity index (χ3v) is 5.35. The number of fused-ring (bicyclic) bond motifs is 1. The second kappa shape index (κ2) is 7.69. The van der Waals surface area contributed by atoms with Gasteiger partial charge < -0.3 is 19.8 Å². The number of rotatable bonds is 4. The Balaban J connectivity index is 1.59. The standard InChI is InChI=1S/C22H19N5O4/c28-21(29)18-9-15(16-10-24-22(30)25-11-16)13-27-19(12-23-20(18)27)14-1-3-17(4-2-14)26-5-7-31-8-6-26/h1-4,9-13H,5-8H2,(H,28,29)(H,24,25,30). The van der Waals surface area contributed by atoms with Crippen molar-refractivity contribution in [3.05, 3.63) is 60.7 Å². The van der Waals surface area contributed by atoms with E-state index >= 15 is 0 Å². The molecule has 1 aromatic carbocycles. The van der Waals surface area contributed by atoms with Crippen LogP contribution in [-0.4, -0.2) is 61.8 Å². The van der Waals surface area contributed by atoms with E-state index in [0.29, 0.717) is 16.8 Å². The van der Waals surface area contributed by atoms with Crippen molar-refractivity contribution in [2.24, 2.45) is 0 Å². The molecule has 5 rings (SSSR count). The van der Waals surface area contributed by atoms with Gasteiger partial charge in [0.15, 0.2) is 5.65 Å². The maximum atomic E-state index is 11.9. The Kier molecular flexibility index (Phi) is 4.72. The molecule has 1 aliphatic rings. The van der Waals surface area contributed by atoms with Gasteiger partial charge in [-0.05, 0) is 18.2 Å². The number of aromatic carboxylic acids is 1. The van der Waals surface area contributed by atoms with E-state index in [1.807, 2.05) is 12.1 Å². The molecule has 0 amide bonds. The second-order valence-corrected chi connectivity index (χ2v) is 7.20. The maximum Gasteiger partial charge on any atom is 0.339 e. The second-order valence-electron chi connectivity index (χ2n) is 7.20. The van der Waals surface area contributed by atoms with E-state index in [9.17, 15) is 15.0 Å². The molecule has 0 unspecified atom stereocenters. The van der Waals surface area contributed by atoms with Gasteiger partial charge in [0.05, 0.1) is 25.1 Å². The third kappa shape index (κ3) is 3.55. The molecule has 0 radical (unpaired) electrons. The highest BCUT2D eigenvalue weighted by Gasteiger charge is 2.17. The van der Waals surface area contributed by atoms with Gasteiger partial charge in [-0.2, -0.15) is 0 Å². The van der Waals surface area contributed by atoms with Gasteiger partial charge in [0, 0.05) is 54.1 Å². The Labute approximate surface area is 177 Å². The number of pyridine rings is 1. The number of aromatic hydroxyl groups is 1. The lowest BCUT2D eigenvalue weighted by Gasteiger charge is -2.28. The van der Waals surface area contributed by atoms with Crippen LogP contribution in [0.1, 0.15) is 10.4 Å². The number of morpholine rings is 1. The van der Waals surface area contributed by atoms with Gasteiger partial charge in [-0.3, -0.25) is 4.40 Å². The van der Waals surface area contributed by atoms with Crippen LogP contribution >= 0.6 is 0 Å². The van der Waals surface area contributed by atoms with Crippen molar-refractivity contribution < 1.29 is 19.7 Å².